The number of aromatic nitrogens is 2. The van der Waals surface area contributed by atoms with Crippen LogP contribution in [-0.2, 0) is 4.84 Å². The molecule has 0 bridgehead atoms. The number of likely N-dealkylation sites (tertiary alicyclic amines) is 1. The molecule has 29 heavy (non-hydrogen) atoms. The number of rotatable bonds is 5. The van der Waals surface area contributed by atoms with Gasteiger partial charge in [0.1, 0.15) is 13.2 Å². The van der Waals surface area contributed by atoms with E-state index in [1.54, 1.807) is 4.90 Å². The minimum absolute atomic E-state index is 0.124. The molecule has 1 amide bonds. The third-order valence-corrected chi connectivity index (χ3v) is 4.81. The fraction of sp³-hybridized carbons (Fsp3) is 0.182. The molecule has 1 unspecified atom stereocenters. The van der Waals surface area contributed by atoms with Crippen LogP contribution >= 0.6 is 0 Å². The summed E-state index contributed by atoms with van der Waals surface area (Å²) in [7, 11) is 1.49. The zero-order valence-corrected chi connectivity index (χ0v) is 16.0. The van der Waals surface area contributed by atoms with Gasteiger partial charge in [0, 0.05) is 12.0 Å². The maximum Gasteiger partial charge on any atom is 0.254 e. The number of carbonyl (C=O) groups excluding carboxylic acids is 1. The molecule has 1 atom stereocenters. The fourth-order valence-corrected chi connectivity index (χ4v) is 3.41. The second kappa shape index (κ2) is 8.10. The van der Waals surface area contributed by atoms with Crippen molar-refractivity contribution >= 4 is 17.7 Å². The average Bonchev–Trinajstić information content (AvgIpc) is 3.41. The zero-order chi connectivity index (χ0) is 20.2. The van der Waals surface area contributed by atoms with Gasteiger partial charge in [-0.2, -0.15) is 4.98 Å². The third-order valence-electron chi connectivity index (χ3n) is 4.81. The molecule has 146 valence electrons. The highest BCUT2D eigenvalue weighted by atomic mass is 16.6. The van der Waals surface area contributed by atoms with Gasteiger partial charge in [0.2, 0.25) is 5.89 Å². The molecule has 0 saturated carbocycles. The molecule has 1 aromatic heterocycles. The Morgan fingerprint density at radius 3 is 2.59 bits per heavy atom. The van der Waals surface area contributed by atoms with E-state index in [-0.39, 0.29) is 11.9 Å². The summed E-state index contributed by atoms with van der Waals surface area (Å²) in [5.41, 5.74) is 3.48. The van der Waals surface area contributed by atoms with E-state index in [0.717, 1.165) is 16.8 Å². The number of carbonyl (C=O) groups is 1. The molecular weight excluding hydrogens is 368 g/mol. The van der Waals surface area contributed by atoms with Gasteiger partial charge in [0.25, 0.3) is 5.91 Å². The minimum Gasteiger partial charge on any atom is -0.399 e. The van der Waals surface area contributed by atoms with Crippen molar-refractivity contribution in [3.05, 3.63) is 78.5 Å². The van der Waals surface area contributed by atoms with E-state index in [1.165, 1.54) is 13.2 Å². The topological polar surface area (TPSA) is 80.8 Å². The van der Waals surface area contributed by atoms with Crippen molar-refractivity contribution in [2.75, 3.05) is 13.7 Å². The molecule has 0 N–H and O–H groups in total. The fourth-order valence-electron chi connectivity index (χ4n) is 3.41. The smallest absolute Gasteiger partial charge is 0.254 e. The first-order valence-corrected chi connectivity index (χ1v) is 9.21. The van der Waals surface area contributed by atoms with Gasteiger partial charge >= 0.3 is 0 Å². The summed E-state index contributed by atoms with van der Waals surface area (Å²) in [5.74, 6) is 0.619. The summed E-state index contributed by atoms with van der Waals surface area (Å²) in [6, 6.07) is 17.2. The molecule has 7 heteroatoms. The predicted octanol–water partition coefficient (Wildman–Crippen LogP) is 3.97. The van der Waals surface area contributed by atoms with Crippen LogP contribution in [0, 0.1) is 0 Å². The van der Waals surface area contributed by atoms with Gasteiger partial charge in [-0.05, 0) is 29.3 Å². The molecule has 1 aliphatic heterocycles. The van der Waals surface area contributed by atoms with Crippen LogP contribution in [0.15, 0.2) is 70.9 Å². The van der Waals surface area contributed by atoms with Crippen molar-refractivity contribution in [1.82, 2.24) is 15.0 Å². The zero-order valence-electron chi connectivity index (χ0n) is 16.0. The normalized spacial score (nSPS) is 17.5. The molecule has 2 heterocycles. The molecule has 1 aliphatic rings. The monoisotopic (exact) mass is 388 g/mol. The molecule has 1 fully saturated rings. The Kier molecular flexibility index (Phi) is 5.20. The molecule has 0 aliphatic carbocycles. The van der Waals surface area contributed by atoms with Gasteiger partial charge in [0.05, 0.1) is 12.3 Å². The van der Waals surface area contributed by atoms with Gasteiger partial charge in [0.15, 0.2) is 5.82 Å². The summed E-state index contributed by atoms with van der Waals surface area (Å²) < 4.78 is 5.13. The Morgan fingerprint density at radius 1 is 1.21 bits per heavy atom. The van der Waals surface area contributed by atoms with E-state index in [0.29, 0.717) is 30.2 Å². The SMILES string of the molecule is C=Cc1nc(C2CC(=NOC)CN2C(=O)c2ccc(-c3ccccc3)cc2)no1. The van der Waals surface area contributed by atoms with Crippen LogP contribution in [0.2, 0.25) is 0 Å². The van der Waals surface area contributed by atoms with E-state index in [1.807, 2.05) is 54.6 Å². The molecule has 1 saturated heterocycles. The summed E-state index contributed by atoms with van der Waals surface area (Å²) in [6.45, 7) is 3.97. The lowest BCUT2D eigenvalue weighted by Gasteiger charge is -2.21. The summed E-state index contributed by atoms with van der Waals surface area (Å²) in [5, 5.41) is 8.02. The number of oxime groups is 1. The standard InChI is InChI=1S/C22H20N4O3/c1-3-20-23-21(25-29-20)19-13-18(24-28-2)14-26(19)22(27)17-11-9-16(10-12-17)15-7-5-4-6-8-15/h3-12,19H,1,13-14H2,2H3. The van der Waals surface area contributed by atoms with Crippen LogP contribution in [0.25, 0.3) is 17.2 Å². The molecular formula is C22H20N4O3. The first kappa shape index (κ1) is 18.6. The Hall–Kier alpha value is -3.74. The van der Waals surface area contributed by atoms with E-state index in [4.69, 9.17) is 9.36 Å². The van der Waals surface area contributed by atoms with E-state index in [9.17, 15) is 4.79 Å². The van der Waals surface area contributed by atoms with Crippen LogP contribution < -0.4 is 0 Å². The second-order valence-corrected chi connectivity index (χ2v) is 6.63. The van der Waals surface area contributed by atoms with Crippen molar-refractivity contribution in [3.8, 4) is 11.1 Å². The first-order chi connectivity index (χ1) is 14.2. The third kappa shape index (κ3) is 3.80. The van der Waals surface area contributed by atoms with E-state index >= 15 is 0 Å². The Morgan fingerprint density at radius 2 is 1.93 bits per heavy atom. The highest BCUT2D eigenvalue weighted by molar-refractivity contribution is 6.00. The molecule has 3 aromatic rings. The van der Waals surface area contributed by atoms with Crippen LogP contribution in [0.4, 0.5) is 0 Å². The van der Waals surface area contributed by atoms with Crippen LogP contribution in [0.3, 0.4) is 0 Å². The maximum absolute atomic E-state index is 13.2. The molecule has 0 radical (unpaired) electrons. The van der Waals surface area contributed by atoms with Gasteiger partial charge in [-0.1, -0.05) is 59.4 Å². The van der Waals surface area contributed by atoms with E-state index in [2.05, 4.69) is 21.9 Å². The van der Waals surface area contributed by atoms with Crippen molar-refractivity contribution in [1.29, 1.82) is 0 Å². The molecule has 7 nitrogen and oxygen atoms in total. The van der Waals surface area contributed by atoms with Gasteiger partial charge in [-0.3, -0.25) is 4.79 Å². The van der Waals surface area contributed by atoms with Gasteiger partial charge in [-0.25, -0.2) is 0 Å². The maximum atomic E-state index is 13.2. The van der Waals surface area contributed by atoms with Crippen LogP contribution in [-0.4, -0.2) is 40.3 Å². The number of hydrogen-bond donors (Lipinski definition) is 0. The lowest BCUT2D eigenvalue weighted by molar-refractivity contribution is 0.0732. The average molecular weight is 388 g/mol. The van der Waals surface area contributed by atoms with Gasteiger partial charge in [-0.15, -0.1) is 0 Å². The summed E-state index contributed by atoms with van der Waals surface area (Å²) in [6.07, 6.45) is 1.96. The number of nitrogens with zero attached hydrogens (tertiary/aromatic N) is 4. The molecule has 2 aromatic carbocycles. The Balaban J connectivity index is 1.61. The summed E-state index contributed by atoms with van der Waals surface area (Å²) >= 11 is 0. The van der Waals surface area contributed by atoms with Crippen molar-refractivity contribution < 1.29 is 14.2 Å². The van der Waals surface area contributed by atoms with Gasteiger partial charge < -0.3 is 14.3 Å². The number of benzene rings is 2. The van der Waals surface area contributed by atoms with Crippen molar-refractivity contribution in [2.45, 2.75) is 12.5 Å². The van der Waals surface area contributed by atoms with E-state index < -0.39 is 0 Å². The largest absolute Gasteiger partial charge is 0.399 e. The minimum atomic E-state index is -0.373. The van der Waals surface area contributed by atoms with Crippen molar-refractivity contribution in [3.63, 3.8) is 0 Å². The van der Waals surface area contributed by atoms with Crippen LogP contribution in [0.1, 0.15) is 34.5 Å². The summed E-state index contributed by atoms with van der Waals surface area (Å²) in [4.78, 5) is 24.1. The number of hydrogen-bond acceptors (Lipinski definition) is 6. The van der Waals surface area contributed by atoms with Crippen LogP contribution in [0.5, 0.6) is 0 Å². The first-order valence-electron chi connectivity index (χ1n) is 9.21. The number of amides is 1. The quantitative estimate of drug-likeness (QED) is 0.618. The Bertz CT molecular complexity index is 1040. The predicted molar refractivity (Wildman–Crippen MR) is 109 cm³/mol. The molecule has 4 rings (SSSR count). The lowest BCUT2D eigenvalue weighted by atomic mass is 10.0. The lowest BCUT2D eigenvalue weighted by Crippen LogP contribution is -2.31. The highest BCUT2D eigenvalue weighted by Gasteiger charge is 2.37. The highest BCUT2D eigenvalue weighted by Crippen LogP contribution is 2.31. The molecule has 0 spiro atoms. The Labute approximate surface area is 168 Å². The van der Waals surface area contributed by atoms with Crippen molar-refractivity contribution in [2.24, 2.45) is 5.16 Å². The second-order valence-electron chi connectivity index (χ2n) is 6.63.